The minimum Gasteiger partial charge on any atom is -0.346 e. The van der Waals surface area contributed by atoms with Crippen molar-refractivity contribution in [3.63, 3.8) is 0 Å². The van der Waals surface area contributed by atoms with Crippen LogP contribution in [0, 0.1) is 10.1 Å². The highest BCUT2D eigenvalue weighted by Crippen LogP contribution is 2.17. The molecule has 1 atom stereocenters. The molecular weight excluding hydrogens is 318 g/mol. The molecule has 1 aromatic heterocycles. The molecule has 0 spiro atoms. The molecule has 126 valence electrons. The van der Waals surface area contributed by atoms with Crippen molar-refractivity contribution in [2.45, 2.75) is 13.0 Å². The standard InChI is InChI=1S/C19H17N3O3/c1-14(15-4-8-17(9-5-15)21-12-2-3-13-21)20-19(23)16-6-10-18(11-7-16)22(24)25/h2-14H,1H3,(H,20,23). The van der Waals surface area contributed by atoms with Gasteiger partial charge in [0.05, 0.1) is 11.0 Å². The number of benzene rings is 2. The third-order valence-corrected chi connectivity index (χ3v) is 3.98. The van der Waals surface area contributed by atoms with Gasteiger partial charge in [0.25, 0.3) is 11.6 Å². The molecule has 6 nitrogen and oxygen atoms in total. The highest BCUT2D eigenvalue weighted by molar-refractivity contribution is 5.94. The van der Waals surface area contributed by atoms with Crippen LogP contribution in [0.15, 0.2) is 73.1 Å². The van der Waals surface area contributed by atoms with E-state index < -0.39 is 4.92 Å². The zero-order valence-corrected chi connectivity index (χ0v) is 13.6. The molecule has 0 saturated carbocycles. The van der Waals surface area contributed by atoms with Crippen LogP contribution in [0.2, 0.25) is 0 Å². The van der Waals surface area contributed by atoms with Gasteiger partial charge in [-0.1, -0.05) is 12.1 Å². The van der Waals surface area contributed by atoms with E-state index in [1.165, 1.54) is 24.3 Å². The lowest BCUT2D eigenvalue weighted by Gasteiger charge is -2.15. The second-order valence-corrected chi connectivity index (χ2v) is 5.68. The Balaban J connectivity index is 1.67. The number of rotatable bonds is 5. The zero-order valence-electron chi connectivity index (χ0n) is 13.6. The van der Waals surface area contributed by atoms with E-state index in [1.807, 2.05) is 60.3 Å². The fraction of sp³-hybridized carbons (Fsp3) is 0.105. The van der Waals surface area contributed by atoms with Gasteiger partial charge in [-0.3, -0.25) is 14.9 Å². The Morgan fingerprint density at radius 3 is 2.20 bits per heavy atom. The molecule has 3 aromatic rings. The molecule has 1 N–H and O–H groups in total. The number of carbonyl (C=O) groups excluding carboxylic acids is 1. The topological polar surface area (TPSA) is 77.2 Å². The molecule has 0 radical (unpaired) electrons. The van der Waals surface area contributed by atoms with Crippen LogP contribution in [0.1, 0.15) is 28.9 Å². The van der Waals surface area contributed by atoms with Gasteiger partial charge in [0.15, 0.2) is 0 Å². The number of aromatic nitrogens is 1. The highest BCUT2D eigenvalue weighted by atomic mass is 16.6. The largest absolute Gasteiger partial charge is 0.346 e. The van der Waals surface area contributed by atoms with Crippen molar-refractivity contribution < 1.29 is 9.72 Å². The first-order valence-electron chi connectivity index (χ1n) is 7.83. The maximum atomic E-state index is 12.3. The summed E-state index contributed by atoms with van der Waals surface area (Å²) in [4.78, 5) is 22.4. The first kappa shape index (κ1) is 16.4. The Morgan fingerprint density at radius 2 is 1.64 bits per heavy atom. The number of amides is 1. The summed E-state index contributed by atoms with van der Waals surface area (Å²) in [5.41, 5.74) is 2.38. The van der Waals surface area contributed by atoms with Crippen molar-refractivity contribution in [3.05, 3.63) is 94.3 Å². The first-order valence-corrected chi connectivity index (χ1v) is 7.83. The Hall–Kier alpha value is -3.41. The molecular formula is C19H17N3O3. The Labute approximate surface area is 144 Å². The summed E-state index contributed by atoms with van der Waals surface area (Å²) in [5.74, 6) is -0.267. The average molecular weight is 335 g/mol. The van der Waals surface area contributed by atoms with Gasteiger partial charge in [0.2, 0.25) is 0 Å². The number of non-ortho nitro benzene ring substituents is 1. The lowest BCUT2D eigenvalue weighted by Crippen LogP contribution is -2.26. The summed E-state index contributed by atoms with van der Waals surface area (Å²) in [6.07, 6.45) is 3.93. The molecule has 1 amide bonds. The number of hydrogen-bond acceptors (Lipinski definition) is 3. The smallest absolute Gasteiger partial charge is 0.269 e. The van der Waals surface area contributed by atoms with Gasteiger partial charge >= 0.3 is 0 Å². The van der Waals surface area contributed by atoms with E-state index in [-0.39, 0.29) is 17.6 Å². The van der Waals surface area contributed by atoms with E-state index in [2.05, 4.69) is 5.32 Å². The van der Waals surface area contributed by atoms with E-state index in [9.17, 15) is 14.9 Å². The summed E-state index contributed by atoms with van der Waals surface area (Å²) < 4.78 is 2.00. The van der Waals surface area contributed by atoms with Crippen LogP contribution in [-0.4, -0.2) is 15.4 Å². The van der Waals surface area contributed by atoms with E-state index in [4.69, 9.17) is 0 Å². The Bertz CT molecular complexity index is 869. The van der Waals surface area contributed by atoms with Crippen molar-refractivity contribution in [2.75, 3.05) is 0 Å². The predicted octanol–water partition coefficient (Wildman–Crippen LogP) is 3.88. The number of nitrogens with zero attached hydrogens (tertiary/aromatic N) is 2. The van der Waals surface area contributed by atoms with Crippen LogP contribution >= 0.6 is 0 Å². The molecule has 0 aliphatic rings. The zero-order chi connectivity index (χ0) is 17.8. The molecule has 0 bridgehead atoms. The fourth-order valence-corrected chi connectivity index (χ4v) is 2.54. The number of nitro benzene ring substituents is 1. The lowest BCUT2D eigenvalue weighted by molar-refractivity contribution is -0.384. The van der Waals surface area contributed by atoms with Crippen molar-refractivity contribution in [2.24, 2.45) is 0 Å². The summed E-state index contributed by atoms with van der Waals surface area (Å²) in [7, 11) is 0. The second kappa shape index (κ2) is 7.00. The van der Waals surface area contributed by atoms with Gasteiger partial charge in [-0.05, 0) is 48.9 Å². The van der Waals surface area contributed by atoms with Crippen LogP contribution in [0.4, 0.5) is 5.69 Å². The monoisotopic (exact) mass is 335 g/mol. The van der Waals surface area contributed by atoms with Crippen LogP contribution in [0.25, 0.3) is 5.69 Å². The van der Waals surface area contributed by atoms with E-state index >= 15 is 0 Å². The van der Waals surface area contributed by atoms with Gasteiger partial charge < -0.3 is 9.88 Å². The molecule has 1 heterocycles. The van der Waals surface area contributed by atoms with Crippen molar-refractivity contribution in [1.29, 1.82) is 0 Å². The third kappa shape index (κ3) is 3.74. The van der Waals surface area contributed by atoms with Gasteiger partial charge in [0.1, 0.15) is 0 Å². The van der Waals surface area contributed by atoms with Crippen LogP contribution in [0.5, 0.6) is 0 Å². The van der Waals surface area contributed by atoms with Gasteiger partial charge in [-0.2, -0.15) is 0 Å². The maximum Gasteiger partial charge on any atom is 0.269 e. The predicted molar refractivity (Wildman–Crippen MR) is 94.7 cm³/mol. The normalized spacial score (nSPS) is 11.7. The maximum absolute atomic E-state index is 12.3. The molecule has 2 aromatic carbocycles. The van der Waals surface area contributed by atoms with Gasteiger partial charge in [-0.15, -0.1) is 0 Å². The minimum atomic E-state index is -0.489. The summed E-state index contributed by atoms with van der Waals surface area (Å²) in [6, 6.07) is 17.2. The Morgan fingerprint density at radius 1 is 1.04 bits per heavy atom. The molecule has 0 aliphatic heterocycles. The summed E-state index contributed by atoms with van der Waals surface area (Å²) in [5, 5.41) is 13.6. The molecule has 1 unspecified atom stereocenters. The molecule has 0 aliphatic carbocycles. The second-order valence-electron chi connectivity index (χ2n) is 5.68. The van der Waals surface area contributed by atoms with E-state index in [0.717, 1.165) is 11.3 Å². The van der Waals surface area contributed by atoms with E-state index in [1.54, 1.807) is 0 Å². The fourth-order valence-electron chi connectivity index (χ4n) is 2.54. The Kier molecular flexibility index (Phi) is 4.61. The number of hydrogen-bond donors (Lipinski definition) is 1. The minimum absolute atomic E-state index is 0.0369. The quantitative estimate of drug-likeness (QED) is 0.568. The lowest BCUT2D eigenvalue weighted by atomic mass is 10.1. The SMILES string of the molecule is CC(NC(=O)c1ccc([N+](=O)[O-])cc1)c1ccc(-n2cccc2)cc1. The molecule has 0 saturated heterocycles. The van der Waals surface area contributed by atoms with Crippen LogP contribution in [-0.2, 0) is 0 Å². The van der Waals surface area contributed by atoms with Crippen molar-refractivity contribution in [3.8, 4) is 5.69 Å². The third-order valence-electron chi connectivity index (χ3n) is 3.98. The summed E-state index contributed by atoms with van der Waals surface area (Å²) >= 11 is 0. The molecule has 3 rings (SSSR count). The van der Waals surface area contributed by atoms with Crippen LogP contribution < -0.4 is 5.32 Å². The van der Waals surface area contributed by atoms with Crippen molar-refractivity contribution in [1.82, 2.24) is 9.88 Å². The highest BCUT2D eigenvalue weighted by Gasteiger charge is 2.13. The molecule has 0 fully saturated rings. The molecule has 6 heteroatoms. The van der Waals surface area contributed by atoms with Crippen molar-refractivity contribution >= 4 is 11.6 Å². The molecule has 25 heavy (non-hydrogen) atoms. The average Bonchev–Trinajstić information content (AvgIpc) is 3.16. The van der Waals surface area contributed by atoms with Gasteiger partial charge in [0, 0.05) is 35.8 Å². The van der Waals surface area contributed by atoms with E-state index in [0.29, 0.717) is 5.56 Å². The number of nitrogens with one attached hydrogen (secondary N) is 1. The van der Waals surface area contributed by atoms with Gasteiger partial charge in [-0.25, -0.2) is 0 Å². The summed E-state index contributed by atoms with van der Waals surface area (Å²) in [6.45, 7) is 1.90. The first-order chi connectivity index (χ1) is 12.0. The number of nitro groups is 1. The van der Waals surface area contributed by atoms with Crippen LogP contribution in [0.3, 0.4) is 0 Å². The number of carbonyl (C=O) groups is 1.